The highest BCUT2D eigenvalue weighted by Gasteiger charge is 2.43. The molecule has 2 N–H and O–H groups in total. The molecule has 0 saturated heterocycles. The molecule has 0 heterocycles. The van der Waals surface area contributed by atoms with Crippen LogP contribution in [0, 0.1) is 0 Å². The first-order chi connectivity index (χ1) is 9.05. The largest absolute Gasteiger partial charge is 0.480 e. The van der Waals surface area contributed by atoms with Crippen molar-refractivity contribution in [3.63, 3.8) is 0 Å². The second kappa shape index (κ2) is 5.43. The third kappa shape index (κ3) is 2.78. The molecule has 1 saturated carbocycles. The zero-order chi connectivity index (χ0) is 13.9. The smallest absolute Gasteiger partial charge is 0.329 e. The summed E-state index contributed by atoms with van der Waals surface area (Å²) in [4.78, 5) is 23.6. The van der Waals surface area contributed by atoms with E-state index in [2.05, 4.69) is 5.32 Å². The Morgan fingerprint density at radius 3 is 2.32 bits per heavy atom. The molecule has 2 rings (SSSR count). The van der Waals surface area contributed by atoms with Crippen molar-refractivity contribution in [1.82, 2.24) is 5.32 Å². The van der Waals surface area contributed by atoms with Crippen molar-refractivity contribution < 1.29 is 14.7 Å². The van der Waals surface area contributed by atoms with Gasteiger partial charge in [0, 0.05) is 0 Å². The summed E-state index contributed by atoms with van der Waals surface area (Å²) in [6.07, 6.45) is 2.75. The fourth-order valence-corrected chi connectivity index (χ4v) is 2.61. The van der Waals surface area contributed by atoms with Crippen LogP contribution in [0.5, 0.6) is 0 Å². The molecule has 0 aromatic heterocycles. The zero-order valence-electron chi connectivity index (χ0n) is 11.1. The van der Waals surface area contributed by atoms with Gasteiger partial charge >= 0.3 is 5.97 Å². The van der Waals surface area contributed by atoms with E-state index in [0.717, 1.165) is 18.4 Å². The molecular formula is C15H19NO3. The first kappa shape index (κ1) is 13.6. The maximum atomic E-state index is 12.2. The van der Waals surface area contributed by atoms with Gasteiger partial charge < -0.3 is 10.4 Å². The molecule has 4 heteroatoms. The lowest BCUT2D eigenvalue weighted by molar-refractivity contribution is -0.147. The van der Waals surface area contributed by atoms with Gasteiger partial charge in [-0.1, -0.05) is 43.2 Å². The first-order valence-corrected chi connectivity index (χ1v) is 6.65. The molecule has 0 unspecified atom stereocenters. The number of hydrogen-bond acceptors (Lipinski definition) is 2. The van der Waals surface area contributed by atoms with Crippen molar-refractivity contribution in [2.45, 2.75) is 44.1 Å². The molecule has 0 spiro atoms. The normalized spacial score (nSPS) is 18.8. The highest BCUT2D eigenvalue weighted by Crippen LogP contribution is 2.30. The van der Waals surface area contributed by atoms with E-state index in [9.17, 15) is 14.7 Å². The summed E-state index contributed by atoms with van der Waals surface area (Å²) in [7, 11) is 0. The maximum Gasteiger partial charge on any atom is 0.329 e. The molecule has 1 atom stereocenters. The van der Waals surface area contributed by atoms with Crippen LogP contribution in [0.2, 0.25) is 0 Å². The van der Waals surface area contributed by atoms with Gasteiger partial charge in [0.25, 0.3) is 0 Å². The fourth-order valence-electron chi connectivity index (χ4n) is 2.61. The monoisotopic (exact) mass is 261 g/mol. The Morgan fingerprint density at radius 2 is 1.79 bits per heavy atom. The van der Waals surface area contributed by atoms with Crippen LogP contribution in [-0.4, -0.2) is 22.5 Å². The van der Waals surface area contributed by atoms with E-state index in [1.807, 2.05) is 30.3 Å². The van der Waals surface area contributed by atoms with Gasteiger partial charge in [-0.05, 0) is 25.3 Å². The van der Waals surface area contributed by atoms with Gasteiger partial charge in [0.1, 0.15) is 5.54 Å². The number of carbonyl (C=O) groups is 2. The predicted octanol–water partition coefficient (Wildman–Crippen LogP) is 2.30. The van der Waals surface area contributed by atoms with Crippen LogP contribution in [0.15, 0.2) is 30.3 Å². The number of amides is 1. The summed E-state index contributed by atoms with van der Waals surface area (Å²) in [6.45, 7) is 1.80. The molecule has 1 fully saturated rings. The minimum atomic E-state index is -1.06. The minimum Gasteiger partial charge on any atom is -0.480 e. The number of hydrogen-bond donors (Lipinski definition) is 2. The van der Waals surface area contributed by atoms with Gasteiger partial charge in [-0.15, -0.1) is 0 Å². The lowest BCUT2D eigenvalue weighted by atomic mass is 9.94. The van der Waals surface area contributed by atoms with Crippen molar-refractivity contribution in [3.05, 3.63) is 35.9 Å². The molecular weight excluding hydrogens is 242 g/mol. The highest BCUT2D eigenvalue weighted by atomic mass is 16.4. The van der Waals surface area contributed by atoms with E-state index >= 15 is 0 Å². The highest BCUT2D eigenvalue weighted by molar-refractivity contribution is 5.90. The predicted molar refractivity (Wildman–Crippen MR) is 71.8 cm³/mol. The van der Waals surface area contributed by atoms with E-state index in [1.54, 1.807) is 6.92 Å². The minimum absolute atomic E-state index is 0.212. The summed E-state index contributed by atoms with van der Waals surface area (Å²) >= 11 is 0. The summed E-state index contributed by atoms with van der Waals surface area (Å²) in [6, 6.07) is 9.41. The second-order valence-corrected chi connectivity index (χ2v) is 5.22. The summed E-state index contributed by atoms with van der Waals surface area (Å²) in [5, 5.41) is 12.1. The molecule has 1 aliphatic rings. The molecule has 102 valence electrons. The maximum absolute atomic E-state index is 12.2. The molecule has 1 amide bonds. The fraction of sp³-hybridized carbons (Fsp3) is 0.467. The van der Waals surface area contributed by atoms with E-state index < -0.39 is 11.5 Å². The summed E-state index contributed by atoms with van der Waals surface area (Å²) < 4.78 is 0. The summed E-state index contributed by atoms with van der Waals surface area (Å²) in [5.41, 5.74) is -0.154. The Labute approximate surface area is 112 Å². The lowest BCUT2D eigenvalue weighted by Crippen LogP contribution is -2.53. The quantitative estimate of drug-likeness (QED) is 0.874. The van der Waals surface area contributed by atoms with Crippen LogP contribution in [0.25, 0.3) is 0 Å². The Kier molecular flexibility index (Phi) is 3.88. The second-order valence-electron chi connectivity index (χ2n) is 5.22. The van der Waals surface area contributed by atoms with Gasteiger partial charge in [-0.25, -0.2) is 4.79 Å². The molecule has 0 bridgehead atoms. The average Bonchev–Trinajstić information content (AvgIpc) is 2.88. The molecule has 4 nitrogen and oxygen atoms in total. The number of benzene rings is 1. The molecule has 0 radical (unpaired) electrons. The van der Waals surface area contributed by atoms with E-state index in [0.29, 0.717) is 12.8 Å². The van der Waals surface area contributed by atoms with Crippen LogP contribution in [0.4, 0.5) is 0 Å². The van der Waals surface area contributed by atoms with Crippen molar-refractivity contribution in [2.75, 3.05) is 0 Å². The Bertz CT molecular complexity index is 464. The molecule has 1 aromatic carbocycles. The molecule has 1 aliphatic carbocycles. The summed E-state index contributed by atoms with van der Waals surface area (Å²) in [5.74, 6) is -1.47. The number of nitrogens with one attached hydrogen (secondary N) is 1. The van der Waals surface area contributed by atoms with Crippen LogP contribution in [-0.2, 0) is 9.59 Å². The van der Waals surface area contributed by atoms with Crippen LogP contribution in [0.1, 0.15) is 44.1 Å². The SMILES string of the molecule is C[C@@H](C(=O)NC1(C(=O)O)CCCC1)c1ccccc1. The number of rotatable bonds is 4. The Balaban J connectivity index is 2.10. The van der Waals surface area contributed by atoms with Crippen molar-refractivity contribution in [1.29, 1.82) is 0 Å². The van der Waals surface area contributed by atoms with Crippen molar-refractivity contribution >= 4 is 11.9 Å². The van der Waals surface area contributed by atoms with Crippen LogP contribution in [0.3, 0.4) is 0 Å². The van der Waals surface area contributed by atoms with Crippen molar-refractivity contribution in [3.8, 4) is 0 Å². The van der Waals surface area contributed by atoms with Gasteiger partial charge in [0.15, 0.2) is 0 Å². The molecule has 19 heavy (non-hydrogen) atoms. The number of carbonyl (C=O) groups excluding carboxylic acids is 1. The van der Waals surface area contributed by atoms with Crippen molar-refractivity contribution in [2.24, 2.45) is 0 Å². The van der Waals surface area contributed by atoms with Crippen LogP contribution < -0.4 is 5.32 Å². The molecule has 0 aliphatic heterocycles. The van der Waals surface area contributed by atoms with Crippen LogP contribution >= 0.6 is 0 Å². The third-order valence-corrected chi connectivity index (χ3v) is 3.92. The third-order valence-electron chi connectivity index (χ3n) is 3.92. The van der Waals surface area contributed by atoms with Gasteiger partial charge in [0.2, 0.25) is 5.91 Å². The lowest BCUT2D eigenvalue weighted by Gasteiger charge is -2.27. The Morgan fingerprint density at radius 1 is 1.21 bits per heavy atom. The van der Waals surface area contributed by atoms with Gasteiger partial charge in [-0.3, -0.25) is 4.79 Å². The topological polar surface area (TPSA) is 66.4 Å². The first-order valence-electron chi connectivity index (χ1n) is 6.65. The number of aliphatic carboxylic acids is 1. The Hall–Kier alpha value is -1.84. The van der Waals surface area contributed by atoms with Gasteiger partial charge in [0.05, 0.1) is 5.92 Å². The number of carboxylic acid groups (broad SMARTS) is 1. The average molecular weight is 261 g/mol. The van der Waals surface area contributed by atoms with E-state index in [1.165, 1.54) is 0 Å². The van der Waals surface area contributed by atoms with Gasteiger partial charge in [-0.2, -0.15) is 0 Å². The number of carboxylic acids is 1. The van der Waals surface area contributed by atoms with E-state index in [-0.39, 0.29) is 11.8 Å². The standard InChI is InChI=1S/C15H19NO3/c1-11(12-7-3-2-4-8-12)13(17)16-15(14(18)19)9-5-6-10-15/h2-4,7-8,11H,5-6,9-10H2,1H3,(H,16,17)(H,18,19)/t11-/m1/s1. The zero-order valence-corrected chi connectivity index (χ0v) is 11.1. The van der Waals surface area contributed by atoms with E-state index in [4.69, 9.17) is 0 Å². The molecule has 1 aromatic rings.